The Balaban J connectivity index is 2.08. The van der Waals surface area contributed by atoms with Gasteiger partial charge in [0.15, 0.2) is 0 Å². The molecule has 7 atom stereocenters. The van der Waals surface area contributed by atoms with Crippen LogP contribution in [0.15, 0.2) is 23.3 Å². The van der Waals surface area contributed by atoms with E-state index >= 15 is 0 Å². The molecule has 1 aliphatic heterocycles. The number of aliphatic hydroxyl groups is 1. The van der Waals surface area contributed by atoms with Crippen molar-refractivity contribution >= 4 is 17.9 Å². The summed E-state index contributed by atoms with van der Waals surface area (Å²) in [6.45, 7) is 14.8. The van der Waals surface area contributed by atoms with Gasteiger partial charge >= 0.3 is 17.9 Å². The first kappa shape index (κ1) is 23.5. The standard InChI is InChI=1S/C24H34O7/c1-8-12(4)22(27)29-15-9-17(25)24(7)10-16-18(14(6)23(28)30-16)20(19(24)13(15)5)31-21(26)11(2)3/h11-12,15-18,20,25H,6,8-10H2,1-5,7H3. The summed E-state index contributed by atoms with van der Waals surface area (Å²) in [6, 6.07) is 0. The van der Waals surface area contributed by atoms with Crippen LogP contribution in [0.3, 0.4) is 0 Å². The summed E-state index contributed by atoms with van der Waals surface area (Å²) in [5.74, 6) is -2.38. The summed E-state index contributed by atoms with van der Waals surface area (Å²) in [5.41, 5.74) is 0.957. The van der Waals surface area contributed by atoms with Crippen molar-refractivity contribution in [2.24, 2.45) is 23.2 Å². The maximum absolute atomic E-state index is 12.6. The molecule has 0 aromatic carbocycles. The molecule has 0 aromatic heterocycles. The Labute approximate surface area is 183 Å². The van der Waals surface area contributed by atoms with Crippen molar-refractivity contribution in [3.05, 3.63) is 23.3 Å². The molecule has 1 saturated heterocycles. The van der Waals surface area contributed by atoms with Gasteiger partial charge in [-0.05, 0) is 30.9 Å². The number of carbonyl (C=O) groups is 3. The number of esters is 3. The van der Waals surface area contributed by atoms with Gasteiger partial charge in [0.1, 0.15) is 18.3 Å². The largest absolute Gasteiger partial charge is 0.458 e. The zero-order chi connectivity index (χ0) is 23.2. The van der Waals surface area contributed by atoms with Crippen LogP contribution in [0.4, 0.5) is 0 Å². The monoisotopic (exact) mass is 434 g/mol. The van der Waals surface area contributed by atoms with Gasteiger partial charge in [-0.2, -0.15) is 0 Å². The Morgan fingerprint density at radius 3 is 2.48 bits per heavy atom. The van der Waals surface area contributed by atoms with Crippen molar-refractivity contribution < 1.29 is 33.7 Å². The van der Waals surface area contributed by atoms with Gasteiger partial charge in [0.05, 0.1) is 23.9 Å². The number of carbonyl (C=O) groups excluding carboxylic acids is 3. The number of rotatable bonds is 5. The zero-order valence-electron chi connectivity index (χ0n) is 19.3. The highest BCUT2D eigenvalue weighted by atomic mass is 16.6. The molecular weight excluding hydrogens is 400 g/mol. The highest BCUT2D eigenvalue weighted by molar-refractivity contribution is 5.91. The van der Waals surface area contributed by atoms with Crippen LogP contribution in [-0.4, -0.2) is 47.4 Å². The Morgan fingerprint density at radius 1 is 1.26 bits per heavy atom. The number of fused-ring (bicyclic) bond motifs is 2. The van der Waals surface area contributed by atoms with E-state index in [2.05, 4.69) is 6.58 Å². The van der Waals surface area contributed by atoms with Crippen LogP contribution in [-0.2, 0) is 28.6 Å². The second-order valence-corrected chi connectivity index (χ2v) is 9.71. The maximum Gasteiger partial charge on any atom is 0.334 e. The SMILES string of the molecule is C=C1C(=O)OC2CC3(C)C(=C(C)C(OC(=O)C(C)CC)CC3O)C(OC(=O)C(C)C)C12. The van der Waals surface area contributed by atoms with Crippen molar-refractivity contribution in [1.82, 2.24) is 0 Å². The second-order valence-electron chi connectivity index (χ2n) is 9.71. The third-order valence-corrected chi connectivity index (χ3v) is 7.24. The van der Waals surface area contributed by atoms with E-state index in [0.29, 0.717) is 18.4 Å². The van der Waals surface area contributed by atoms with Crippen molar-refractivity contribution in [2.45, 2.75) is 85.2 Å². The Bertz CT molecular complexity index is 826. The lowest BCUT2D eigenvalue weighted by molar-refractivity contribution is -0.165. The summed E-state index contributed by atoms with van der Waals surface area (Å²) < 4.78 is 17.2. The van der Waals surface area contributed by atoms with Crippen molar-refractivity contribution in [3.63, 3.8) is 0 Å². The number of ether oxygens (including phenoxy) is 3. The molecule has 3 rings (SSSR count). The molecule has 0 bridgehead atoms. The average Bonchev–Trinajstić information content (AvgIpc) is 2.98. The first-order valence-electron chi connectivity index (χ1n) is 11.1. The third-order valence-electron chi connectivity index (χ3n) is 7.24. The lowest BCUT2D eigenvalue weighted by Crippen LogP contribution is -2.56. The Morgan fingerprint density at radius 2 is 1.90 bits per heavy atom. The molecule has 2 fully saturated rings. The molecule has 2 aliphatic carbocycles. The molecule has 0 amide bonds. The van der Waals surface area contributed by atoms with E-state index in [1.807, 2.05) is 20.8 Å². The molecule has 1 heterocycles. The van der Waals surface area contributed by atoms with Gasteiger partial charge in [0, 0.05) is 17.4 Å². The molecule has 7 heteroatoms. The van der Waals surface area contributed by atoms with Crippen molar-refractivity contribution in [1.29, 1.82) is 0 Å². The van der Waals surface area contributed by atoms with Crippen molar-refractivity contribution in [2.75, 3.05) is 0 Å². The van der Waals surface area contributed by atoms with Crippen LogP contribution in [0.2, 0.25) is 0 Å². The van der Waals surface area contributed by atoms with Crippen LogP contribution in [0, 0.1) is 23.2 Å². The minimum absolute atomic E-state index is 0.241. The summed E-state index contributed by atoms with van der Waals surface area (Å²) in [5, 5.41) is 11.1. The highest BCUT2D eigenvalue weighted by Crippen LogP contribution is 2.56. The minimum Gasteiger partial charge on any atom is -0.458 e. The molecule has 0 radical (unpaired) electrons. The molecule has 0 aromatic rings. The molecule has 7 unspecified atom stereocenters. The summed E-state index contributed by atoms with van der Waals surface area (Å²) in [4.78, 5) is 37.4. The van der Waals surface area contributed by atoms with Gasteiger partial charge < -0.3 is 19.3 Å². The Kier molecular flexibility index (Phi) is 6.38. The van der Waals surface area contributed by atoms with E-state index in [9.17, 15) is 19.5 Å². The highest BCUT2D eigenvalue weighted by Gasteiger charge is 2.60. The van der Waals surface area contributed by atoms with Gasteiger partial charge in [0.2, 0.25) is 0 Å². The number of aliphatic hydroxyl groups excluding tert-OH is 1. The lowest BCUT2D eigenvalue weighted by Gasteiger charge is -2.52. The summed E-state index contributed by atoms with van der Waals surface area (Å²) in [7, 11) is 0. The minimum atomic E-state index is -0.852. The van der Waals surface area contributed by atoms with Crippen LogP contribution in [0.25, 0.3) is 0 Å². The molecule has 1 N–H and O–H groups in total. The maximum atomic E-state index is 12.6. The lowest BCUT2D eigenvalue weighted by atomic mass is 9.57. The molecule has 0 spiro atoms. The zero-order valence-corrected chi connectivity index (χ0v) is 19.3. The molecule has 31 heavy (non-hydrogen) atoms. The van der Waals surface area contributed by atoms with E-state index in [4.69, 9.17) is 14.2 Å². The van der Waals surface area contributed by atoms with E-state index in [1.165, 1.54) is 0 Å². The number of hydrogen-bond acceptors (Lipinski definition) is 7. The fraction of sp³-hybridized carbons (Fsp3) is 0.708. The molecule has 172 valence electrons. The first-order chi connectivity index (χ1) is 14.4. The van der Waals surface area contributed by atoms with E-state index in [-0.39, 0.29) is 29.8 Å². The Hall–Kier alpha value is -2.15. The van der Waals surface area contributed by atoms with E-state index in [1.54, 1.807) is 20.8 Å². The first-order valence-corrected chi connectivity index (χ1v) is 11.1. The molecular formula is C24H34O7. The van der Waals surface area contributed by atoms with Crippen molar-refractivity contribution in [3.8, 4) is 0 Å². The molecule has 3 aliphatic rings. The summed E-state index contributed by atoms with van der Waals surface area (Å²) >= 11 is 0. The quantitative estimate of drug-likeness (QED) is 0.307. The number of hydrogen-bond donors (Lipinski definition) is 1. The van der Waals surface area contributed by atoms with Gasteiger partial charge in [-0.15, -0.1) is 0 Å². The van der Waals surface area contributed by atoms with Gasteiger partial charge in [-0.25, -0.2) is 4.79 Å². The molecule has 7 nitrogen and oxygen atoms in total. The van der Waals surface area contributed by atoms with Crippen LogP contribution >= 0.6 is 0 Å². The average molecular weight is 435 g/mol. The predicted octanol–water partition coefficient (Wildman–Crippen LogP) is 3.10. The van der Waals surface area contributed by atoms with Crippen LogP contribution < -0.4 is 0 Å². The molecule has 1 saturated carbocycles. The third kappa shape index (κ3) is 3.93. The fourth-order valence-electron chi connectivity index (χ4n) is 4.98. The van der Waals surface area contributed by atoms with Gasteiger partial charge in [0.25, 0.3) is 0 Å². The van der Waals surface area contributed by atoms with Crippen LogP contribution in [0.1, 0.15) is 60.8 Å². The predicted molar refractivity (Wildman–Crippen MR) is 113 cm³/mol. The smallest absolute Gasteiger partial charge is 0.334 e. The van der Waals surface area contributed by atoms with E-state index in [0.717, 1.165) is 5.57 Å². The topological polar surface area (TPSA) is 99.1 Å². The fourth-order valence-corrected chi connectivity index (χ4v) is 4.98. The second kappa shape index (κ2) is 8.41. The van der Waals surface area contributed by atoms with Crippen LogP contribution in [0.5, 0.6) is 0 Å². The van der Waals surface area contributed by atoms with Gasteiger partial charge in [-0.3, -0.25) is 9.59 Å². The van der Waals surface area contributed by atoms with E-state index < -0.39 is 47.7 Å². The summed E-state index contributed by atoms with van der Waals surface area (Å²) in [6.07, 6.45) is -1.53. The van der Waals surface area contributed by atoms with Gasteiger partial charge in [-0.1, -0.05) is 41.2 Å². The normalized spacial score (nSPS) is 35.9.